The van der Waals surface area contributed by atoms with Crippen molar-refractivity contribution in [3.63, 3.8) is 0 Å². The molecule has 2 rings (SSSR count). The number of hydrogen-bond acceptors (Lipinski definition) is 3. The van der Waals surface area contributed by atoms with E-state index in [9.17, 15) is 14.0 Å². The van der Waals surface area contributed by atoms with Crippen LogP contribution < -0.4 is 5.32 Å². The van der Waals surface area contributed by atoms with Gasteiger partial charge in [-0.05, 0) is 25.1 Å². The lowest BCUT2D eigenvalue weighted by molar-refractivity contribution is -0.136. The summed E-state index contributed by atoms with van der Waals surface area (Å²) in [4.78, 5) is 25.2. The van der Waals surface area contributed by atoms with Crippen molar-refractivity contribution in [1.29, 1.82) is 0 Å². The van der Waals surface area contributed by atoms with Crippen molar-refractivity contribution in [2.45, 2.75) is 13.0 Å². The van der Waals surface area contributed by atoms with Crippen molar-refractivity contribution in [1.82, 2.24) is 10.2 Å². The number of allylic oxidation sites excluding steroid dienone is 1. The number of methoxy groups -OCH3 is 1. The van der Waals surface area contributed by atoms with E-state index in [2.05, 4.69) is 21.2 Å². The highest BCUT2D eigenvalue weighted by atomic mass is 79.9. The quantitative estimate of drug-likeness (QED) is 0.828. The molecule has 0 bridgehead atoms. The second-order valence-electron chi connectivity index (χ2n) is 4.60. The third kappa shape index (κ3) is 2.78. The number of nitrogens with one attached hydrogen (secondary N) is 1. The minimum Gasteiger partial charge on any atom is -0.466 e. The Kier molecular flexibility index (Phi) is 4.32. The minimum absolute atomic E-state index is 0.200. The topological polar surface area (TPSA) is 58.6 Å². The van der Waals surface area contributed by atoms with Gasteiger partial charge in [0, 0.05) is 22.8 Å². The van der Waals surface area contributed by atoms with Crippen molar-refractivity contribution < 1.29 is 18.7 Å². The Balaban J connectivity index is 2.62. The van der Waals surface area contributed by atoms with Gasteiger partial charge < -0.3 is 15.0 Å². The van der Waals surface area contributed by atoms with Crippen LogP contribution in [0.25, 0.3) is 0 Å². The Labute approximate surface area is 129 Å². The number of urea groups is 1. The number of rotatable bonds is 2. The van der Waals surface area contributed by atoms with E-state index >= 15 is 0 Å². The van der Waals surface area contributed by atoms with Crippen LogP contribution in [-0.2, 0) is 9.53 Å². The van der Waals surface area contributed by atoms with Crippen LogP contribution in [0.15, 0.2) is 33.9 Å². The summed E-state index contributed by atoms with van der Waals surface area (Å²) in [5.41, 5.74) is 0.831. The zero-order valence-electron chi connectivity index (χ0n) is 11.7. The maximum absolute atomic E-state index is 14.1. The Morgan fingerprint density at radius 2 is 2.14 bits per heavy atom. The molecule has 1 aliphatic rings. The first-order chi connectivity index (χ1) is 9.86. The first-order valence-corrected chi connectivity index (χ1v) is 6.94. The van der Waals surface area contributed by atoms with Crippen molar-refractivity contribution in [2.24, 2.45) is 0 Å². The molecule has 1 aromatic rings. The van der Waals surface area contributed by atoms with Gasteiger partial charge in [0.15, 0.2) is 0 Å². The first-order valence-electron chi connectivity index (χ1n) is 6.15. The van der Waals surface area contributed by atoms with Crippen LogP contribution in [0.4, 0.5) is 9.18 Å². The second kappa shape index (κ2) is 5.85. The highest BCUT2D eigenvalue weighted by molar-refractivity contribution is 9.10. The number of nitrogens with zero attached hydrogens (tertiary/aromatic N) is 1. The number of esters is 1. The predicted molar refractivity (Wildman–Crippen MR) is 77.9 cm³/mol. The van der Waals surface area contributed by atoms with E-state index < -0.39 is 23.9 Å². The predicted octanol–water partition coefficient (Wildman–Crippen LogP) is 2.73. The lowest BCUT2D eigenvalue weighted by Gasteiger charge is -2.33. The number of amides is 2. The molecule has 0 unspecified atom stereocenters. The smallest absolute Gasteiger partial charge is 0.337 e. The average Bonchev–Trinajstić information content (AvgIpc) is 2.46. The molecule has 0 aromatic heterocycles. The number of carbonyl (C=O) groups excluding carboxylic acids is 2. The summed E-state index contributed by atoms with van der Waals surface area (Å²) in [6, 6.07) is 3.04. The molecule has 0 saturated heterocycles. The molecule has 2 amide bonds. The van der Waals surface area contributed by atoms with E-state index in [4.69, 9.17) is 4.74 Å². The summed E-state index contributed by atoms with van der Waals surface area (Å²) in [7, 11) is 2.77. The molecule has 1 heterocycles. The van der Waals surface area contributed by atoms with Gasteiger partial charge in [0.05, 0.1) is 18.7 Å². The molecule has 112 valence electrons. The normalized spacial score (nSPS) is 18.6. The van der Waals surface area contributed by atoms with Gasteiger partial charge in [-0.15, -0.1) is 0 Å². The van der Waals surface area contributed by atoms with Gasteiger partial charge in [0.1, 0.15) is 5.82 Å². The summed E-state index contributed by atoms with van der Waals surface area (Å²) in [5, 5.41) is 2.61. The third-order valence-electron chi connectivity index (χ3n) is 3.43. The maximum Gasteiger partial charge on any atom is 0.337 e. The Bertz CT molecular complexity index is 645. The molecule has 7 heteroatoms. The molecule has 1 aromatic carbocycles. The summed E-state index contributed by atoms with van der Waals surface area (Å²) in [5.74, 6) is -1.12. The number of halogens is 2. The van der Waals surface area contributed by atoms with Crippen LogP contribution in [0.2, 0.25) is 0 Å². The molecule has 5 nitrogen and oxygen atoms in total. The van der Waals surface area contributed by atoms with Crippen molar-refractivity contribution in [3.05, 3.63) is 45.3 Å². The van der Waals surface area contributed by atoms with E-state index in [0.29, 0.717) is 10.2 Å². The van der Waals surface area contributed by atoms with Crippen LogP contribution in [0.3, 0.4) is 0 Å². The van der Waals surface area contributed by atoms with E-state index in [1.807, 2.05) is 0 Å². The monoisotopic (exact) mass is 356 g/mol. The van der Waals surface area contributed by atoms with Crippen LogP contribution >= 0.6 is 15.9 Å². The Morgan fingerprint density at radius 3 is 2.76 bits per heavy atom. The van der Waals surface area contributed by atoms with Gasteiger partial charge >= 0.3 is 12.0 Å². The molecule has 0 spiro atoms. The van der Waals surface area contributed by atoms with Gasteiger partial charge in [-0.2, -0.15) is 0 Å². The molecule has 0 saturated carbocycles. The van der Waals surface area contributed by atoms with Crippen LogP contribution in [0, 0.1) is 5.82 Å². The molecule has 1 N–H and O–H groups in total. The number of benzene rings is 1. The minimum atomic E-state index is -0.890. The van der Waals surface area contributed by atoms with Gasteiger partial charge in [0.2, 0.25) is 0 Å². The van der Waals surface area contributed by atoms with Crippen LogP contribution in [-0.4, -0.2) is 31.1 Å². The lowest BCUT2D eigenvalue weighted by atomic mass is 9.94. The van der Waals surface area contributed by atoms with E-state index in [1.165, 1.54) is 31.2 Å². The fraction of sp³-hybridized carbons (Fsp3) is 0.286. The molecule has 1 atom stereocenters. The number of hydrogen-bond donors (Lipinski definition) is 1. The van der Waals surface area contributed by atoms with Gasteiger partial charge in [-0.25, -0.2) is 14.0 Å². The van der Waals surface area contributed by atoms with Crippen LogP contribution in [0.5, 0.6) is 0 Å². The standard InChI is InChI=1S/C14H14BrFN2O3/c1-7-11(13(19)21-3)12(17-14(20)18(7)2)9-6-8(15)4-5-10(9)16/h4-6,12H,1-3H3,(H,17,20)/t12-/m0/s1. The van der Waals surface area contributed by atoms with Gasteiger partial charge in [0.25, 0.3) is 0 Å². The summed E-state index contributed by atoms with van der Waals surface area (Å²) >= 11 is 3.26. The molecular weight excluding hydrogens is 343 g/mol. The zero-order chi connectivity index (χ0) is 15.7. The van der Waals surface area contributed by atoms with E-state index in [-0.39, 0.29) is 11.1 Å². The molecule has 21 heavy (non-hydrogen) atoms. The molecule has 0 aliphatic carbocycles. The zero-order valence-corrected chi connectivity index (χ0v) is 13.3. The molecule has 1 aliphatic heterocycles. The summed E-state index contributed by atoms with van der Waals surface area (Å²) in [6.45, 7) is 1.62. The number of ether oxygens (including phenoxy) is 1. The molecular formula is C14H14BrFN2O3. The SMILES string of the molecule is COC(=O)C1=C(C)N(C)C(=O)N[C@H]1c1cc(Br)ccc1F. The third-order valence-corrected chi connectivity index (χ3v) is 3.92. The highest BCUT2D eigenvalue weighted by Gasteiger charge is 2.36. The highest BCUT2D eigenvalue weighted by Crippen LogP contribution is 2.33. The molecule has 0 fully saturated rings. The maximum atomic E-state index is 14.1. The fourth-order valence-corrected chi connectivity index (χ4v) is 2.56. The summed E-state index contributed by atoms with van der Waals surface area (Å²) in [6.07, 6.45) is 0. The Hall–Kier alpha value is -1.89. The van der Waals surface area contributed by atoms with Crippen molar-refractivity contribution >= 4 is 27.9 Å². The fourth-order valence-electron chi connectivity index (χ4n) is 2.18. The van der Waals surface area contributed by atoms with Gasteiger partial charge in [-0.1, -0.05) is 15.9 Å². The first kappa shape index (κ1) is 15.5. The van der Waals surface area contributed by atoms with E-state index in [0.717, 1.165) is 0 Å². The van der Waals surface area contributed by atoms with Crippen molar-refractivity contribution in [2.75, 3.05) is 14.2 Å². The summed E-state index contributed by atoms with van der Waals surface area (Å²) < 4.78 is 19.5. The van der Waals surface area contributed by atoms with Crippen molar-refractivity contribution in [3.8, 4) is 0 Å². The molecule has 0 radical (unpaired) electrons. The van der Waals surface area contributed by atoms with Gasteiger partial charge in [-0.3, -0.25) is 0 Å². The number of carbonyl (C=O) groups is 2. The largest absolute Gasteiger partial charge is 0.466 e. The lowest BCUT2D eigenvalue weighted by Crippen LogP contribution is -2.46. The van der Waals surface area contributed by atoms with E-state index in [1.54, 1.807) is 13.0 Å². The average molecular weight is 357 g/mol. The van der Waals surface area contributed by atoms with Crippen LogP contribution in [0.1, 0.15) is 18.5 Å². The Morgan fingerprint density at radius 1 is 1.48 bits per heavy atom. The second-order valence-corrected chi connectivity index (χ2v) is 5.51.